The molecule has 0 saturated carbocycles. The number of carbonyl (C=O) groups is 1. The smallest absolute Gasteiger partial charge is 0.227 e. The van der Waals surface area contributed by atoms with Crippen LogP contribution in [-0.2, 0) is 4.79 Å². The molecule has 0 radical (unpaired) electrons. The standard InChI is InChI=1S/C11H10N4OS/c12-10(16)7-17-11-14-6-4-9(15-11)8-3-1-2-5-13-8/h1-6H,7H2,(H2,12,16). The number of nitrogens with two attached hydrogens (primary N) is 1. The minimum atomic E-state index is -0.387. The monoisotopic (exact) mass is 246 g/mol. The van der Waals surface area contributed by atoms with Gasteiger partial charge in [-0.05, 0) is 18.2 Å². The van der Waals surface area contributed by atoms with E-state index in [1.165, 1.54) is 11.8 Å². The molecule has 0 spiro atoms. The van der Waals surface area contributed by atoms with Crippen LogP contribution in [0.25, 0.3) is 11.4 Å². The van der Waals surface area contributed by atoms with E-state index in [-0.39, 0.29) is 11.7 Å². The molecule has 0 atom stereocenters. The first kappa shape index (κ1) is 11.5. The van der Waals surface area contributed by atoms with Gasteiger partial charge in [0, 0.05) is 12.4 Å². The molecule has 0 aromatic carbocycles. The molecular formula is C11H10N4OS. The summed E-state index contributed by atoms with van der Waals surface area (Å²) in [6, 6.07) is 7.37. The topological polar surface area (TPSA) is 81.8 Å². The first-order valence-electron chi connectivity index (χ1n) is 4.91. The van der Waals surface area contributed by atoms with Gasteiger partial charge < -0.3 is 5.73 Å². The third-order valence-corrected chi connectivity index (χ3v) is 2.79. The fourth-order valence-electron chi connectivity index (χ4n) is 1.20. The van der Waals surface area contributed by atoms with E-state index in [1.54, 1.807) is 18.5 Å². The molecule has 5 nitrogen and oxygen atoms in total. The maximum Gasteiger partial charge on any atom is 0.227 e. The maximum absolute atomic E-state index is 10.7. The molecule has 0 aliphatic heterocycles. The van der Waals surface area contributed by atoms with Gasteiger partial charge in [0.25, 0.3) is 0 Å². The zero-order valence-electron chi connectivity index (χ0n) is 8.91. The normalized spacial score (nSPS) is 10.1. The second-order valence-corrected chi connectivity index (χ2v) is 4.14. The van der Waals surface area contributed by atoms with Crippen molar-refractivity contribution >= 4 is 17.7 Å². The van der Waals surface area contributed by atoms with Crippen molar-refractivity contribution in [3.8, 4) is 11.4 Å². The number of amides is 1. The highest BCUT2D eigenvalue weighted by Crippen LogP contribution is 2.17. The summed E-state index contributed by atoms with van der Waals surface area (Å²) in [5, 5.41) is 0.520. The molecule has 2 aromatic rings. The number of rotatable bonds is 4. The average Bonchev–Trinajstić information content (AvgIpc) is 2.38. The number of aromatic nitrogens is 3. The lowest BCUT2D eigenvalue weighted by atomic mass is 10.3. The molecule has 0 saturated heterocycles. The van der Waals surface area contributed by atoms with Gasteiger partial charge in [0.15, 0.2) is 5.16 Å². The zero-order chi connectivity index (χ0) is 12.1. The molecule has 86 valence electrons. The third-order valence-electron chi connectivity index (χ3n) is 1.90. The van der Waals surface area contributed by atoms with Crippen molar-refractivity contribution in [3.63, 3.8) is 0 Å². The van der Waals surface area contributed by atoms with Crippen LogP contribution in [0.4, 0.5) is 0 Å². The molecule has 6 heteroatoms. The quantitative estimate of drug-likeness (QED) is 0.645. The lowest BCUT2D eigenvalue weighted by Crippen LogP contribution is -2.13. The van der Waals surface area contributed by atoms with Crippen LogP contribution in [0.15, 0.2) is 41.8 Å². The predicted octanol–water partition coefficient (Wildman–Crippen LogP) is 1.12. The second kappa shape index (κ2) is 5.40. The minimum absolute atomic E-state index is 0.172. The van der Waals surface area contributed by atoms with Gasteiger partial charge in [0.05, 0.1) is 17.1 Å². The fraction of sp³-hybridized carbons (Fsp3) is 0.0909. The van der Waals surface area contributed by atoms with Crippen molar-refractivity contribution in [1.82, 2.24) is 15.0 Å². The predicted molar refractivity (Wildman–Crippen MR) is 65.2 cm³/mol. The number of carbonyl (C=O) groups excluding carboxylic acids is 1. The van der Waals surface area contributed by atoms with Crippen molar-refractivity contribution in [1.29, 1.82) is 0 Å². The molecule has 0 aliphatic rings. The lowest BCUT2D eigenvalue weighted by Gasteiger charge is -2.01. The Balaban J connectivity index is 2.20. The molecular weight excluding hydrogens is 236 g/mol. The van der Waals surface area contributed by atoms with E-state index >= 15 is 0 Å². The molecule has 0 unspecified atom stereocenters. The van der Waals surface area contributed by atoms with E-state index in [4.69, 9.17) is 5.73 Å². The molecule has 17 heavy (non-hydrogen) atoms. The van der Waals surface area contributed by atoms with Gasteiger partial charge in [-0.1, -0.05) is 17.8 Å². The van der Waals surface area contributed by atoms with Gasteiger partial charge in [-0.2, -0.15) is 0 Å². The summed E-state index contributed by atoms with van der Waals surface area (Å²) in [4.78, 5) is 23.2. The van der Waals surface area contributed by atoms with Crippen LogP contribution in [0.2, 0.25) is 0 Å². The van der Waals surface area contributed by atoms with E-state index in [0.29, 0.717) is 5.16 Å². The lowest BCUT2D eigenvalue weighted by molar-refractivity contribution is -0.115. The van der Waals surface area contributed by atoms with Crippen LogP contribution in [0.3, 0.4) is 0 Å². The minimum Gasteiger partial charge on any atom is -0.369 e. The summed E-state index contributed by atoms with van der Waals surface area (Å²) in [5.74, 6) is -0.215. The molecule has 0 fully saturated rings. The Labute approximate surface area is 103 Å². The highest BCUT2D eigenvalue weighted by atomic mass is 32.2. The summed E-state index contributed by atoms with van der Waals surface area (Å²) in [6.07, 6.45) is 3.34. The molecule has 1 amide bonds. The SMILES string of the molecule is NC(=O)CSc1nccc(-c2ccccn2)n1. The summed E-state index contributed by atoms with van der Waals surface area (Å²) in [7, 11) is 0. The molecule has 2 N–H and O–H groups in total. The summed E-state index contributed by atoms with van der Waals surface area (Å²) >= 11 is 1.21. The van der Waals surface area contributed by atoms with E-state index in [2.05, 4.69) is 15.0 Å². The maximum atomic E-state index is 10.7. The highest BCUT2D eigenvalue weighted by molar-refractivity contribution is 7.99. The Bertz CT molecular complexity index is 518. The number of hydrogen-bond acceptors (Lipinski definition) is 5. The molecule has 2 aromatic heterocycles. The van der Waals surface area contributed by atoms with Crippen LogP contribution >= 0.6 is 11.8 Å². The number of thioether (sulfide) groups is 1. The Hall–Kier alpha value is -1.95. The van der Waals surface area contributed by atoms with Crippen LogP contribution in [-0.4, -0.2) is 26.6 Å². The fourth-order valence-corrected chi connectivity index (χ4v) is 1.77. The van der Waals surface area contributed by atoms with Gasteiger partial charge in [-0.3, -0.25) is 9.78 Å². The summed E-state index contributed by atoms with van der Waals surface area (Å²) in [6.45, 7) is 0. The van der Waals surface area contributed by atoms with Crippen LogP contribution in [0.5, 0.6) is 0 Å². The molecule has 0 aliphatic carbocycles. The third kappa shape index (κ3) is 3.25. The molecule has 2 heterocycles. The van der Waals surface area contributed by atoms with Crippen LogP contribution in [0.1, 0.15) is 0 Å². The Morgan fingerprint density at radius 1 is 1.18 bits per heavy atom. The van der Waals surface area contributed by atoms with Gasteiger partial charge in [0.2, 0.25) is 5.91 Å². The summed E-state index contributed by atoms with van der Waals surface area (Å²) < 4.78 is 0. The largest absolute Gasteiger partial charge is 0.369 e. The van der Waals surface area contributed by atoms with Gasteiger partial charge in [0.1, 0.15) is 0 Å². The Kier molecular flexibility index (Phi) is 3.66. The number of hydrogen-bond donors (Lipinski definition) is 1. The van der Waals surface area contributed by atoms with E-state index in [9.17, 15) is 4.79 Å². The van der Waals surface area contributed by atoms with Crippen molar-refractivity contribution in [2.45, 2.75) is 5.16 Å². The second-order valence-electron chi connectivity index (χ2n) is 3.19. The van der Waals surface area contributed by atoms with Crippen molar-refractivity contribution in [3.05, 3.63) is 36.7 Å². The first-order chi connectivity index (χ1) is 8.25. The molecule has 0 bridgehead atoms. The average molecular weight is 246 g/mol. The molecule has 2 rings (SSSR count). The number of primary amides is 1. The van der Waals surface area contributed by atoms with Crippen molar-refractivity contribution in [2.24, 2.45) is 5.73 Å². The Morgan fingerprint density at radius 2 is 2.06 bits per heavy atom. The highest BCUT2D eigenvalue weighted by Gasteiger charge is 2.04. The Morgan fingerprint density at radius 3 is 2.76 bits per heavy atom. The first-order valence-corrected chi connectivity index (χ1v) is 5.90. The van der Waals surface area contributed by atoms with Crippen LogP contribution in [0, 0.1) is 0 Å². The van der Waals surface area contributed by atoms with Gasteiger partial charge in [-0.25, -0.2) is 9.97 Å². The van der Waals surface area contributed by atoms with E-state index in [0.717, 1.165) is 11.4 Å². The van der Waals surface area contributed by atoms with Gasteiger partial charge >= 0.3 is 0 Å². The van der Waals surface area contributed by atoms with E-state index < -0.39 is 0 Å². The van der Waals surface area contributed by atoms with E-state index in [1.807, 2.05) is 18.2 Å². The zero-order valence-corrected chi connectivity index (χ0v) is 9.72. The number of pyridine rings is 1. The number of nitrogens with zero attached hydrogens (tertiary/aromatic N) is 3. The van der Waals surface area contributed by atoms with Crippen molar-refractivity contribution < 1.29 is 4.79 Å². The summed E-state index contributed by atoms with van der Waals surface area (Å²) in [5.41, 5.74) is 6.56. The van der Waals surface area contributed by atoms with Crippen molar-refractivity contribution in [2.75, 3.05) is 5.75 Å². The van der Waals surface area contributed by atoms with Crippen LogP contribution < -0.4 is 5.73 Å². The van der Waals surface area contributed by atoms with Gasteiger partial charge in [-0.15, -0.1) is 0 Å².